The lowest BCUT2D eigenvalue weighted by Crippen LogP contribution is -2.43. The second kappa shape index (κ2) is 7.86. The van der Waals surface area contributed by atoms with Crippen molar-refractivity contribution in [2.24, 2.45) is 7.05 Å². The maximum atomic E-state index is 13.5. The monoisotopic (exact) mass is 458 g/mol. The smallest absolute Gasteiger partial charge is 0.276 e. The van der Waals surface area contributed by atoms with Gasteiger partial charge in [0.1, 0.15) is 5.75 Å². The molecule has 0 radical (unpaired) electrons. The zero-order valence-electron chi connectivity index (χ0n) is 19.5. The summed E-state index contributed by atoms with van der Waals surface area (Å²) in [6.45, 7) is 5.85. The fraction of sp³-hybridized carbons (Fsp3) is 0.231. The summed E-state index contributed by atoms with van der Waals surface area (Å²) in [6, 6.07) is 11.0. The van der Waals surface area contributed by atoms with Crippen LogP contribution in [-0.4, -0.2) is 49.7 Å². The van der Waals surface area contributed by atoms with Gasteiger partial charge in [-0.2, -0.15) is 0 Å². The third-order valence-corrected chi connectivity index (χ3v) is 6.34. The number of nitrogens with zero attached hydrogens (tertiary/aromatic N) is 2. The molecule has 0 saturated heterocycles. The molecule has 3 heterocycles. The summed E-state index contributed by atoms with van der Waals surface area (Å²) in [4.78, 5) is 30.4. The van der Waals surface area contributed by atoms with Gasteiger partial charge < -0.3 is 19.8 Å². The lowest BCUT2D eigenvalue weighted by molar-refractivity contribution is 0.0557. The fourth-order valence-corrected chi connectivity index (χ4v) is 5.02. The van der Waals surface area contributed by atoms with Crippen LogP contribution in [0.4, 0.5) is 0 Å². The van der Waals surface area contributed by atoms with E-state index in [0.29, 0.717) is 21.9 Å². The average Bonchev–Trinajstić information content (AvgIpc) is 3.42. The average molecular weight is 459 g/mol. The third kappa shape index (κ3) is 2.79. The molecule has 0 unspecified atom stereocenters. The number of carbonyl (C=O) groups excluding carboxylic acids is 2. The number of fused-ring (bicyclic) bond motifs is 10. The number of rotatable bonds is 3. The minimum atomic E-state index is -0.473. The zero-order chi connectivity index (χ0) is 24.3. The maximum absolute atomic E-state index is 13.5. The molecule has 34 heavy (non-hydrogen) atoms. The molecule has 1 aliphatic rings. The molecular formula is C26H26N4O4. The van der Waals surface area contributed by atoms with Gasteiger partial charge in [0.05, 0.1) is 28.8 Å². The number of hydrogen-bond acceptors (Lipinski definition) is 5. The molecular weight excluding hydrogens is 432 g/mol. The first-order chi connectivity index (χ1) is 16.4. The van der Waals surface area contributed by atoms with Crippen molar-refractivity contribution in [1.82, 2.24) is 20.0 Å². The molecule has 8 heteroatoms. The number of aryl methyl sites for hydroxylation is 2. The Hall–Kier alpha value is -3.88. The van der Waals surface area contributed by atoms with E-state index in [1.54, 1.807) is 18.2 Å². The number of amides is 2. The first-order valence-electron chi connectivity index (χ1n) is 11.3. The van der Waals surface area contributed by atoms with E-state index < -0.39 is 11.8 Å². The Morgan fingerprint density at radius 2 is 1.68 bits per heavy atom. The highest BCUT2D eigenvalue weighted by Gasteiger charge is 2.41. The van der Waals surface area contributed by atoms with Gasteiger partial charge in [-0.3, -0.25) is 9.59 Å². The number of nitrogens with one attached hydrogen (secondary N) is 2. The van der Waals surface area contributed by atoms with Crippen LogP contribution in [0.5, 0.6) is 5.75 Å². The van der Waals surface area contributed by atoms with Gasteiger partial charge in [0.2, 0.25) is 0 Å². The minimum absolute atomic E-state index is 0.0705. The Morgan fingerprint density at radius 1 is 0.971 bits per heavy atom. The normalized spacial score (nSPS) is 13.4. The van der Waals surface area contributed by atoms with Crippen molar-refractivity contribution in [3.8, 4) is 5.75 Å². The maximum Gasteiger partial charge on any atom is 0.276 e. The van der Waals surface area contributed by atoms with Crippen LogP contribution in [0.25, 0.3) is 43.6 Å². The number of aliphatic hydroxyl groups is 1. The van der Waals surface area contributed by atoms with Crippen molar-refractivity contribution < 1.29 is 19.8 Å². The van der Waals surface area contributed by atoms with E-state index in [1.807, 2.05) is 50.6 Å². The molecule has 0 spiro atoms. The Balaban J connectivity index is 0.00000117. The first-order valence-corrected chi connectivity index (χ1v) is 11.3. The molecule has 0 fully saturated rings. The van der Waals surface area contributed by atoms with Gasteiger partial charge in [0.25, 0.3) is 11.8 Å². The Morgan fingerprint density at radius 3 is 2.38 bits per heavy atom. The molecule has 2 aromatic heterocycles. The number of phenols is 1. The fourth-order valence-electron chi connectivity index (χ4n) is 5.02. The van der Waals surface area contributed by atoms with Crippen LogP contribution in [0.1, 0.15) is 40.1 Å². The van der Waals surface area contributed by atoms with Gasteiger partial charge in [-0.15, -0.1) is 0 Å². The number of aromatic amines is 1. The lowest BCUT2D eigenvalue weighted by atomic mass is 9.96. The van der Waals surface area contributed by atoms with Crippen molar-refractivity contribution in [2.75, 3.05) is 13.2 Å². The Kier molecular flexibility index (Phi) is 5.07. The molecule has 0 bridgehead atoms. The van der Waals surface area contributed by atoms with Crippen LogP contribution in [0.2, 0.25) is 0 Å². The predicted molar refractivity (Wildman–Crippen MR) is 133 cm³/mol. The second-order valence-electron chi connectivity index (χ2n) is 8.24. The largest absolute Gasteiger partial charge is 0.508 e. The van der Waals surface area contributed by atoms with Crippen molar-refractivity contribution >= 4 is 55.4 Å². The van der Waals surface area contributed by atoms with Crippen LogP contribution >= 0.6 is 0 Å². The first kappa shape index (κ1) is 21.9. The molecule has 4 N–H and O–H groups in total. The van der Waals surface area contributed by atoms with Crippen molar-refractivity contribution in [3.05, 3.63) is 53.1 Å². The van der Waals surface area contributed by atoms with Crippen LogP contribution in [0.15, 0.2) is 36.4 Å². The molecule has 6 rings (SSSR count). The van der Waals surface area contributed by atoms with Crippen LogP contribution < -0.4 is 5.43 Å². The number of hydrogen-bond donors (Lipinski definition) is 4. The van der Waals surface area contributed by atoms with Gasteiger partial charge in [-0.25, -0.2) is 10.4 Å². The molecule has 0 atom stereocenters. The molecule has 2 amide bonds. The molecule has 0 aliphatic carbocycles. The minimum Gasteiger partial charge on any atom is -0.508 e. The Bertz CT molecular complexity index is 1640. The lowest BCUT2D eigenvalue weighted by Gasteiger charge is -2.13. The van der Waals surface area contributed by atoms with E-state index >= 15 is 0 Å². The number of phenolic OH excluding ortho intramolecular Hbond substituents is 1. The topological polar surface area (TPSA) is 111 Å². The quantitative estimate of drug-likeness (QED) is 0.304. The van der Waals surface area contributed by atoms with Gasteiger partial charge in [-0.1, -0.05) is 25.5 Å². The van der Waals surface area contributed by atoms with E-state index in [9.17, 15) is 19.8 Å². The SMILES string of the molecule is CC.Cc1ccc2c(c1)c1c3c(c4c5cc(O)ccc5[nH]c4c1n2C)C(=O)N(NCCO)C3=O. The third-order valence-electron chi connectivity index (χ3n) is 6.34. The number of aromatic nitrogens is 2. The highest BCUT2D eigenvalue weighted by Crippen LogP contribution is 2.44. The summed E-state index contributed by atoms with van der Waals surface area (Å²) in [5.74, 6) is -0.847. The van der Waals surface area contributed by atoms with Gasteiger partial charge in [0.15, 0.2) is 0 Å². The summed E-state index contributed by atoms with van der Waals surface area (Å²) in [7, 11) is 1.94. The molecule has 0 saturated carbocycles. The number of H-pyrrole nitrogens is 1. The van der Waals surface area contributed by atoms with E-state index in [0.717, 1.165) is 43.4 Å². The molecule has 174 valence electrons. The molecule has 8 nitrogen and oxygen atoms in total. The number of imide groups is 1. The van der Waals surface area contributed by atoms with E-state index in [-0.39, 0.29) is 18.9 Å². The van der Waals surface area contributed by atoms with Gasteiger partial charge in [0, 0.05) is 46.2 Å². The van der Waals surface area contributed by atoms with E-state index in [1.165, 1.54) is 0 Å². The zero-order valence-corrected chi connectivity index (χ0v) is 19.5. The summed E-state index contributed by atoms with van der Waals surface area (Å²) in [5, 5.41) is 23.2. The predicted octanol–water partition coefficient (Wildman–Crippen LogP) is 4.10. The standard InChI is InChI=1S/C24H20N4O4.C2H6/c1-11-3-6-16-14(9-11)18-20-19(23(31)28(24(20)32)25-7-8-29)17-13-10-12(30)4-5-15(13)26-21(17)22(18)27(16)2;1-2/h3-6,9-10,25-26,29-30H,7-8H2,1-2H3;1-2H3. The van der Waals surface area contributed by atoms with Crippen LogP contribution in [0.3, 0.4) is 0 Å². The van der Waals surface area contributed by atoms with Crippen molar-refractivity contribution in [2.45, 2.75) is 20.8 Å². The number of carbonyl (C=O) groups is 2. The van der Waals surface area contributed by atoms with Crippen LogP contribution in [-0.2, 0) is 7.05 Å². The molecule has 5 aromatic rings. The van der Waals surface area contributed by atoms with E-state index in [2.05, 4.69) is 10.4 Å². The van der Waals surface area contributed by atoms with Crippen molar-refractivity contribution in [3.63, 3.8) is 0 Å². The number of aromatic hydroxyl groups is 1. The van der Waals surface area contributed by atoms with Crippen molar-refractivity contribution in [1.29, 1.82) is 0 Å². The summed E-state index contributed by atoms with van der Waals surface area (Å²) < 4.78 is 2.03. The summed E-state index contributed by atoms with van der Waals surface area (Å²) >= 11 is 0. The Labute approximate surface area is 195 Å². The summed E-state index contributed by atoms with van der Waals surface area (Å²) in [6.07, 6.45) is 0. The van der Waals surface area contributed by atoms with Crippen LogP contribution in [0, 0.1) is 6.92 Å². The highest BCUT2D eigenvalue weighted by atomic mass is 16.3. The number of hydrazine groups is 1. The second-order valence-corrected chi connectivity index (χ2v) is 8.24. The summed E-state index contributed by atoms with van der Waals surface area (Å²) in [5.41, 5.74) is 7.69. The number of benzene rings is 3. The van der Waals surface area contributed by atoms with Gasteiger partial charge in [-0.05, 0) is 37.3 Å². The molecule has 1 aliphatic heterocycles. The van der Waals surface area contributed by atoms with E-state index in [4.69, 9.17) is 0 Å². The van der Waals surface area contributed by atoms with Gasteiger partial charge >= 0.3 is 0 Å². The number of aliphatic hydroxyl groups excluding tert-OH is 1. The molecule has 3 aromatic carbocycles. The highest BCUT2D eigenvalue weighted by molar-refractivity contribution is 6.39.